The Morgan fingerprint density at radius 3 is 2.67 bits per heavy atom. The van der Waals surface area contributed by atoms with E-state index in [1.54, 1.807) is 47.0 Å². The number of hydrogen-bond donors (Lipinski definition) is 2. The van der Waals surface area contributed by atoms with Crippen molar-refractivity contribution in [1.82, 2.24) is 9.55 Å². The van der Waals surface area contributed by atoms with Crippen LogP contribution >= 0.6 is 7.82 Å². The first kappa shape index (κ1) is 25.5. The molecular weight excluding hydrogens is 523 g/mol. The average Bonchev–Trinajstić information content (AvgIpc) is 3.21. The number of esters is 1. The molecule has 4 heterocycles. The van der Waals surface area contributed by atoms with Crippen molar-refractivity contribution in [3.63, 3.8) is 0 Å². The minimum Gasteiger partial charge on any atom is -0.460 e. The molecule has 2 atom stereocenters. The summed E-state index contributed by atoms with van der Waals surface area (Å²) in [6, 6.07) is 15.5. The fraction of sp³-hybridized carbons (Fsp3) is 0.250. The van der Waals surface area contributed by atoms with Gasteiger partial charge in [0.15, 0.2) is 0 Å². The van der Waals surface area contributed by atoms with Crippen molar-refractivity contribution in [2.45, 2.75) is 45.6 Å². The van der Waals surface area contributed by atoms with Crippen LogP contribution in [0.4, 0.5) is 0 Å². The van der Waals surface area contributed by atoms with Gasteiger partial charge in [-0.05, 0) is 54.8 Å². The summed E-state index contributed by atoms with van der Waals surface area (Å²) in [6.07, 6.45) is -0.257. The average molecular weight is 548 g/mol. The number of aliphatic hydroxyl groups is 1. The smallest absolute Gasteiger partial charge is 0.460 e. The molecule has 2 aromatic heterocycles. The summed E-state index contributed by atoms with van der Waals surface area (Å²) >= 11 is 0. The largest absolute Gasteiger partial charge is 0.527 e. The molecule has 2 aliphatic rings. The molecule has 0 saturated carbocycles. The van der Waals surface area contributed by atoms with E-state index in [1.807, 2.05) is 13.0 Å². The van der Waals surface area contributed by atoms with Crippen molar-refractivity contribution >= 4 is 24.7 Å². The van der Waals surface area contributed by atoms with Gasteiger partial charge in [0.05, 0.1) is 47.6 Å². The van der Waals surface area contributed by atoms with E-state index in [0.717, 1.165) is 16.7 Å². The third kappa shape index (κ3) is 4.55. The first-order chi connectivity index (χ1) is 18.5. The maximum Gasteiger partial charge on any atom is 0.527 e. The van der Waals surface area contributed by atoms with Gasteiger partial charge in [-0.15, -0.1) is 0 Å². The SMILES string of the molecule is Cc1c2c(nc3ccc(OP(=O)(O)OCc4ccccc4)cc13)-c1cc3c(c(=O)n1C2)COC(=O)CC3(C)O. The second-order valence-corrected chi connectivity index (χ2v) is 11.4. The maximum atomic E-state index is 13.4. The highest BCUT2D eigenvalue weighted by Gasteiger charge is 2.37. The van der Waals surface area contributed by atoms with Gasteiger partial charge in [-0.25, -0.2) is 9.55 Å². The molecule has 10 nitrogen and oxygen atoms in total. The third-order valence-corrected chi connectivity index (χ3v) is 8.10. The number of aromatic nitrogens is 2. The predicted octanol–water partition coefficient (Wildman–Crippen LogP) is 4.08. The Bertz CT molecular complexity index is 1760. The first-order valence-electron chi connectivity index (χ1n) is 12.3. The molecule has 2 N–H and O–H groups in total. The molecular formula is C28H25N2O8P. The Labute approximate surface area is 223 Å². The molecule has 2 unspecified atom stereocenters. The number of carbonyl (C=O) groups is 1. The van der Waals surface area contributed by atoms with E-state index >= 15 is 0 Å². The van der Waals surface area contributed by atoms with Gasteiger partial charge in [0.1, 0.15) is 12.4 Å². The number of phosphoric acid groups is 1. The normalized spacial score (nSPS) is 19.4. The zero-order valence-corrected chi connectivity index (χ0v) is 22.1. The number of aryl methyl sites for hydroxylation is 1. The summed E-state index contributed by atoms with van der Waals surface area (Å²) in [5.74, 6) is -0.430. The number of ether oxygens (including phenoxy) is 1. The lowest BCUT2D eigenvalue weighted by molar-refractivity contribution is -0.148. The monoisotopic (exact) mass is 548 g/mol. The lowest BCUT2D eigenvalue weighted by Crippen LogP contribution is -2.30. The van der Waals surface area contributed by atoms with Crippen LogP contribution in [0.3, 0.4) is 0 Å². The van der Waals surface area contributed by atoms with Crippen molar-refractivity contribution in [3.05, 3.63) is 92.8 Å². The van der Waals surface area contributed by atoms with E-state index in [-0.39, 0.29) is 43.1 Å². The molecule has 11 heteroatoms. The fourth-order valence-electron chi connectivity index (χ4n) is 5.19. The van der Waals surface area contributed by atoms with Gasteiger partial charge in [-0.1, -0.05) is 30.3 Å². The number of fused-ring (bicyclic) bond motifs is 5. The van der Waals surface area contributed by atoms with Gasteiger partial charge in [0.25, 0.3) is 5.56 Å². The minimum absolute atomic E-state index is 0.0840. The standard InChI is InChI=1S/C28H25N2O8P/c1-16-19-10-18(38-39(34,35)37-14-17-6-4-3-5-7-17)8-9-23(19)29-26-20(16)13-30-24(26)11-22-21(27(30)32)15-36-25(31)12-28(22,2)33/h3-11,33H,12-15H2,1-2H3,(H,34,35). The van der Waals surface area contributed by atoms with Crippen LogP contribution in [0.15, 0.2) is 59.4 Å². The van der Waals surface area contributed by atoms with E-state index in [2.05, 4.69) is 0 Å². The van der Waals surface area contributed by atoms with Crippen molar-refractivity contribution in [1.29, 1.82) is 0 Å². The Balaban J connectivity index is 1.35. The second kappa shape index (κ2) is 9.14. The van der Waals surface area contributed by atoms with Crippen LogP contribution in [0.2, 0.25) is 0 Å². The quantitative estimate of drug-likeness (QED) is 0.246. The summed E-state index contributed by atoms with van der Waals surface area (Å²) in [5.41, 5.74) is 2.80. The molecule has 200 valence electrons. The van der Waals surface area contributed by atoms with Crippen molar-refractivity contribution in [3.8, 4) is 17.1 Å². The van der Waals surface area contributed by atoms with Crippen molar-refractivity contribution < 1.29 is 33.1 Å². The van der Waals surface area contributed by atoms with Crippen LogP contribution in [0.1, 0.15) is 41.2 Å². The maximum absolute atomic E-state index is 13.4. The van der Waals surface area contributed by atoms with Crippen molar-refractivity contribution in [2.75, 3.05) is 0 Å². The molecule has 0 radical (unpaired) electrons. The number of rotatable bonds is 5. The zero-order chi connectivity index (χ0) is 27.5. The van der Waals surface area contributed by atoms with E-state index < -0.39 is 19.4 Å². The number of benzene rings is 2. The van der Waals surface area contributed by atoms with Gasteiger partial charge in [-0.3, -0.25) is 19.0 Å². The van der Waals surface area contributed by atoms with Crippen LogP contribution in [0.25, 0.3) is 22.3 Å². The van der Waals surface area contributed by atoms with E-state index in [9.17, 15) is 24.2 Å². The molecule has 0 saturated heterocycles. The second-order valence-electron chi connectivity index (χ2n) is 9.99. The molecule has 0 fully saturated rings. The van der Waals surface area contributed by atoms with Crippen LogP contribution in [-0.2, 0) is 44.0 Å². The summed E-state index contributed by atoms with van der Waals surface area (Å²) in [6.45, 7) is 3.33. The Morgan fingerprint density at radius 1 is 1.13 bits per heavy atom. The number of phosphoric ester groups is 1. The van der Waals surface area contributed by atoms with Crippen LogP contribution in [-0.4, -0.2) is 25.5 Å². The minimum atomic E-state index is -4.40. The third-order valence-electron chi connectivity index (χ3n) is 7.21. The Hall–Kier alpha value is -3.82. The fourth-order valence-corrected chi connectivity index (χ4v) is 5.94. The predicted molar refractivity (Wildman–Crippen MR) is 141 cm³/mol. The molecule has 0 aliphatic carbocycles. The van der Waals surface area contributed by atoms with E-state index in [0.29, 0.717) is 27.9 Å². The van der Waals surface area contributed by atoms with Gasteiger partial charge in [0, 0.05) is 10.9 Å². The number of cyclic esters (lactones) is 1. The molecule has 2 aliphatic heterocycles. The van der Waals surface area contributed by atoms with E-state index in [1.165, 1.54) is 13.0 Å². The van der Waals surface area contributed by atoms with Crippen LogP contribution in [0.5, 0.6) is 5.75 Å². The number of hydrogen-bond acceptors (Lipinski definition) is 8. The molecule has 0 amide bonds. The van der Waals surface area contributed by atoms with E-state index in [4.69, 9.17) is 18.8 Å². The summed E-state index contributed by atoms with van der Waals surface area (Å²) in [7, 11) is -4.40. The summed E-state index contributed by atoms with van der Waals surface area (Å²) < 4.78 is 29.8. The highest BCUT2D eigenvalue weighted by atomic mass is 31.2. The van der Waals surface area contributed by atoms with Crippen LogP contribution < -0.4 is 10.1 Å². The Morgan fingerprint density at radius 2 is 1.90 bits per heavy atom. The van der Waals surface area contributed by atoms with Crippen LogP contribution in [0, 0.1) is 6.92 Å². The first-order valence-corrected chi connectivity index (χ1v) is 13.8. The topological polar surface area (TPSA) is 137 Å². The van der Waals surface area contributed by atoms with Gasteiger partial charge >= 0.3 is 13.8 Å². The van der Waals surface area contributed by atoms with Crippen molar-refractivity contribution in [2.24, 2.45) is 0 Å². The number of carbonyl (C=O) groups excluding carboxylic acids is 1. The molecule has 6 rings (SSSR count). The zero-order valence-electron chi connectivity index (χ0n) is 21.2. The molecule has 0 bridgehead atoms. The lowest BCUT2D eigenvalue weighted by atomic mass is 9.89. The van der Waals surface area contributed by atoms with Gasteiger partial charge in [-0.2, -0.15) is 0 Å². The molecule has 4 aromatic rings. The summed E-state index contributed by atoms with van der Waals surface area (Å²) in [4.78, 5) is 40.5. The number of nitrogens with zero attached hydrogens (tertiary/aromatic N) is 2. The highest BCUT2D eigenvalue weighted by molar-refractivity contribution is 7.47. The molecule has 0 spiro atoms. The number of pyridine rings is 2. The highest BCUT2D eigenvalue weighted by Crippen LogP contribution is 2.46. The van der Waals surface area contributed by atoms with Gasteiger partial charge < -0.3 is 18.9 Å². The molecule has 2 aromatic carbocycles. The summed E-state index contributed by atoms with van der Waals surface area (Å²) in [5, 5.41) is 11.7. The lowest BCUT2D eigenvalue weighted by Gasteiger charge is -2.22. The van der Waals surface area contributed by atoms with Gasteiger partial charge in [0.2, 0.25) is 0 Å². The molecule has 39 heavy (non-hydrogen) atoms. The Kier molecular flexibility index (Phi) is 5.96.